The van der Waals surface area contributed by atoms with E-state index in [2.05, 4.69) is 45.4 Å². The molecule has 1 N–H and O–H groups in total. The minimum absolute atomic E-state index is 0.0540. The highest BCUT2D eigenvalue weighted by Gasteiger charge is 2.23. The third-order valence-electron chi connectivity index (χ3n) is 5.30. The molecule has 0 atom stereocenters. The number of carbonyl (C=O) groups excluding carboxylic acids is 1. The van der Waals surface area contributed by atoms with Gasteiger partial charge in [0.15, 0.2) is 5.16 Å². The summed E-state index contributed by atoms with van der Waals surface area (Å²) in [6, 6.07) is 8.83. The highest BCUT2D eigenvalue weighted by Crippen LogP contribution is 2.33. The van der Waals surface area contributed by atoms with Gasteiger partial charge in [-0.2, -0.15) is 0 Å². The molecule has 0 saturated heterocycles. The highest BCUT2D eigenvalue weighted by molar-refractivity contribution is 7.98. The van der Waals surface area contributed by atoms with E-state index in [-0.39, 0.29) is 5.91 Å². The van der Waals surface area contributed by atoms with E-state index in [0.29, 0.717) is 12.6 Å². The Balaban J connectivity index is 1.45. The summed E-state index contributed by atoms with van der Waals surface area (Å²) in [6.07, 6.45) is 13.3. The van der Waals surface area contributed by atoms with Crippen molar-refractivity contribution in [2.45, 2.75) is 63.1 Å². The zero-order valence-corrected chi connectivity index (χ0v) is 17.7. The Kier molecular flexibility index (Phi) is 7.71. The molecule has 1 amide bonds. The lowest BCUT2D eigenvalue weighted by atomic mass is 10.1. The third kappa shape index (κ3) is 5.47. The molecule has 1 fully saturated rings. The molecule has 1 aliphatic rings. The van der Waals surface area contributed by atoms with Crippen LogP contribution in [0.25, 0.3) is 6.08 Å². The first-order valence-electron chi connectivity index (χ1n) is 10.2. The second-order valence-corrected chi connectivity index (χ2v) is 8.01. The monoisotopic (exact) mass is 398 g/mol. The fourth-order valence-electron chi connectivity index (χ4n) is 3.70. The molecule has 0 unspecified atom stereocenters. The maximum absolute atomic E-state index is 12.0. The van der Waals surface area contributed by atoms with Gasteiger partial charge in [-0.05, 0) is 49.1 Å². The molecule has 2 aromatic rings. The molecule has 150 valence electrons. The summed E-state index contributed by atoms with van der Waals surface area (Å²) in [4.78, 5) is 12.0. The smallest absolute Gasteiger partial charge is 0.243 e. The number of nitrogens with zero attached hydrogens (tertiary/aromatic N) is 3. The Morgan fingerprint density at radius 2 is 2.00 bits per heavy atom. The first-order chi connectivity index (χ1) is 13.7. The van der Waals surface area contributed by atoms with E-state index >= 15 is 0 Å². The van der Waals surface area contributed by atoms with E-state index in [1.54, 1.807) is 17.8 Å². The van der Waals surface area contributed by atoms with Gasteiger partial charge in [0.2, 0.25) is 5.91 Å². The van der Waals surface area contributed by atoms with Crippen LogP contribution in [0.5, 0.6) is 0 Å². The number of amides is 1. The Morgan fingerprint density at radius 3 is 2.68 bits per heavy atom. The summed E-state index contributed by atoms with van der Waals surface area (Å²) in [5.41, 5.74) is 2.35. The highest BCUT2D eigenvalue weighted by atomic mass is 32.2. The fourth-order valence-corrected chi connectivity index (χ4v) is 4.27. The molecular weight excluding hydrogens is 368 g/mol. The molecule has 1 aliphatic carbocycles. The summed E-state index contributed by atoms with van der Waals surface area (Å²) >= 11 is 1.66. The Bertz CT molecular complexity index is 791. The summed E-state index contributed by atoms with van der Waals surface area (Å²) in [6.45, 7) is 2.78. The van der Waals surface area contributed by atoms with E-state index in [1.807, 2.05) is 18.2 Å². The van der Waals surface area contributed by atoms with Gasteiger partial charge >= 0.3 is 0 Å². The second-order valence-electron chi connectivity index (χ2n) is 7.23. The normalized spacial score (nSPS) is 14.8. The van der Waals surface area contributed by atoms with Gasteiger partial charge in [-0.15, -0.1) is 10.2 Å². The molecular formula is C22H30N4OS. The van der Waals surface area contributed by atoms with E-state index < -0.39 is 0 Å². The second kappa shape index (κ2) is 10.5. The number of hydrogen-bond donors (Lipinski definition) is 1. The lowest BCUT2D eigenvalue weighted by Crippen LogP contribution is -2.23. The summed E-state index contributed by atoms with van der Waals surface area (Å²) in [7, 11) is 0. The standard InChI is InChI=1S/C22H30N4OS/c1-3-17-10-12-18(13-11-17)14-15-21(27)23-16-6-9-20-24-25-22(28-2)26(20)19-7-4-5-8-19/h10-15,19H,3-9,16H2,1-2H3,(H,23,27)/b15-14+. The molecule has 6 heteroatoms. The van der Waals surface area contributed by atoms with Crippen molar-refractivity contribution in [1.29, 1.82) is 0 Å². The Labute approximate surface area is 172 Å². The summed E-state index contributed by atoms with van der Waals surface area (Å²) in [5, 5.41) is 12.7. The van der Waals surface area contributed by atoms with Crippen LogP contribution < -0.4 is 5.32 Å². The summed E-state index contributed by atoms with van der Waals surface area (Å²) in [5.74, 6) is 0.999. The van der Waals surface area contributed by atoms with Crippen molar-refractivity contribution in [2.24, 2.45) is 0 Å². The Hall–Kier alpha value is -2.08. The van der Waals surface area contributed by atoms with Gasteiger partial charge in [0.25, 0.3) is 0 Å². The minimum Gasteiger partial charge on any atom is -0.353 e. The Morgan fingerprint density at radius 1 is 1.25 bits per heavy atom. The van der Waals surface area contributed by atoms with Gasteiger partial charge < -0.3 is 9.88 Å². The first-order valence-corrected chi connectivity index (χ1v) is 11.5. The van der Waals surface area contributed by atoms with Crippen molar-refractivity contribution in [3.8, 4) is 0 Å². The van der Waals surface area contributed by atoms with Crippen LogP contribution >= 0.6 is 11.8 Å². The molecule has 5 nitrogen and oxygen atoms in total. The lowest BCUT2D eigenvalue weighted by molar-refractivity contribution is -0.116. The van der Waals surface area contributed by atoms with Crippen molar-refractivity contribution in [3.05, 3.63) is 47.3 Å². The van der Waals surface area contributed by atoms with Crippen LogP contribution in [0.4, 0.5) is 0 Å². The number of benzene rings is 1. The van der Waals surface area contributed by atoms with Crippen molar-refractivity contribution < 1.29 is 4.79 Å². The third-order valence-corrected chi connectivity index (χ3v) is 5.94. The average molecular weight is 399 g/mol. The van der Waals surface area contributed by atoms with Gasteiger partial charge in [0, 0.05) is 25.1 Å². The largest absolute Gasteiger partial charge is 0.353 e. The molecule has 1 saturated carbocycles. The van der Waals surface area contributed by atoms with Crippen molar-refractivity contribution in [1.82, 2.24) is 20.1 Å². The maximum atomic E-state index is 12.0. The van der Waals surface area contributed by atoms with Crippen LogP contribution in [0.3, 0.4) is 0 Å². The fraction of sp³-hybridized carbons (Fsp3) is 0.500. The van der Waals surface area contributed by atoms with E-state index in [1.165, 1.54) is 31.2 Å². The van der Waals surface area contributed by atoms with E-state index in [0.717, 1.165) is 35.8 Å². The van der Waals surface area contributed by atoms with Crippen LogP contribution in [0.1, 0.15) is 62.0 Å². The van der Waals surface area contributed by atoms with Crippen LogP contribution in [-0.2, 0) is 17.6 Å². The predicted octanol–water partition coefficient (Wildman–Crippen LogP) is 4.44. The minimum atomic E-state index is -0.0540. The number of aryl methyl sites for hydroxylation is 2. The van der Waals surface area contributed by atoms with Crippen LogP contribution in [0, 0.1) is 0 Å². The van der Waals surface area contributed by atoms with E-state index in [9.17, 15) is 4.79 Å². The first kappa shape index (κ1) is 20.6. The van der Waals surface area contributed by atoms with Gasteiger partial charge in [0.05, 0.1) is 0 Å². The maximum Gasteiger partial charge on any atom is 0.243 e. The molecule has 28 heavy (non-hydrogen) atoms. The molecule has 0 radical (unpaired) electrons. The molecule has 1 heterocycles. The number of aromatic nitrogens is 3. The number of nitrogens with one attached hydrogen (secondary N) is 1. The van der Waals surface area contributed by atoms with E-state index in [4.69, 9.17) is 0 Å². The van der Waals surface area contributed by atoms with Crippen LogP contribution in [0.2, 0.25) is 0 Å². The molecule has 0 spiro atoms. The van der Waals surface area contributed by atoms with Gasteiger partial charge in [-0.1, -0.05) is 55.8 Å². The van der Waals surface area contributed by atoms with Crippen LogP contribution in [-0.4, -0.2) is 33.5 Å². The van der Waals surface area contributed by atoms with Crippen molar-refractivity contribution >= 4 is 23.7 Å². The number of carbonyl (C=O) groups is 1. The molecule has 1 aromatic heterocycles. The topological polar surface area (TPSA) is 59.8 Å². The molecule has 1 aromatic carbocycles. The zero-order chi connectivity index (χ0) is 19.8. The van der Waals surface area contributed by atoms with Crippen molar-refractivity contribution in [2.75, 3.05) is 12.8 Å². The zero-order valence-electron chi connectivity index (χ0n) is 16.9. The molecule has 0 aliphatic heterocycles. The molecule has 0 bridgehead atoms. The van der Waals surface area contributed by atoms with Crippen LogP contribution in [0.15, 0.2) is 35.5 Å². The summed E-state index contributed by atoms with van der Waals surface area (Å²) < 4.78 is 2.33. The van der Waals surface area contributed by atoms with Gasteiger partial charge in [-0.25, -0.2) is 0 Å². The number of rotatable bonds is 9. The number of hydrogen-bond acceptors (Lipinski definition) is 4. The van der Waals surface area contributed by atoms with Gasteiger partial charge in [-0.3, -0.25) is 4.79 Å². The predicted molar refractivity (Wildman–Crippen MR) is 115 cm³/mol. The SMILES string of the molecule is CCc1ccc(/C=C/C(=O)NCCCc2nnc(SC)n2C2CCCC2)cc1. The van der Waals surface area contributed by atoms with Crippen molar-refractivity contribution in [3.63, 3.8) is 0 Å². The molecule has 3 rings (SSSR count). The quantitative estimate of drug-likeness (QED) is 0.385. The average Bonchev–Trinajstić information content (AvgIpc) is 3.39. The lowest BCUT2D eigenvalue weighted by Gasteiger charge is -2.16. The van der Waals surface area contributed by atoms with Gasteiger partial charge in [0.1, 0.15) is 5.82 Å². The number of thioether (sulfide) groups is 1.